The number of halogens is 1. The minimum Gasteiger partial charge on any atom is -0.356 e. The average molecular weight is 442 g/mol. The highest BCUT2D eigenvalue weighted by Gasteiger charge is 2.51. The van der Waals surface area contributed by atoms with Crippen LogP contribution in [0.15, 0.2) is 29.2 Å². The van der Waals surface area contributed by atoms with Crippen LogP contribution in [0.1, 0.15) is 19.3 Å². The molecule has 4 heterocycles. The van der Waals surface area contributed by atoms with Crippen LogP contribution in [0.5, 0.6) is 0 Å². The quantitative estimate of drug-likeness (QED) is 0.678. The molecule has 2 saturated heterocycles. The number of likely N-dealkylation sites (N-methyl/N-ethyl adjacent to an activating group) is 2. The summed E-state index contributed by atoms with van der Waals surface area (Å²) in [7, 11) is 3.35. The molecule has 0 radical (unpaired) electrons. The van der Waals surface area contributed by atoms with Crippen molar-refractivity contribution in [3.63, 3.8) is 0 Å². The van der Waals surface area contributed by atoms with Gasteiger partial charge in [0.05, 0.1) is 11.6 Å². The Morgan fingerprint density at radius 3 is 2.56 bits per heavy atom. The molecule has 5 rings (SSSR count). The second-order valence-electron chi connectivity index (χ2n) is 8.77. The Balaban J connectivity index is 1.25. The molecule has 5 atom stereocenters. The van der Waals surface area contributed by atoms with E-state index >= 15 is 0 Å². The number of aliphatic imine (C=N–C) groups is 1. The zero-order valence-corrected chi connectivity index (χ0v) is 18.1. The van der Waals surface area contributed by atoms with Gasteiger partial charge >= 0.3 is 0 Å². The van der Waals surface area contributed by atoms with E-state index < -0.39 is 18.3 Å². The third kappa shape index (κ3) is 3.76. The number of hydrogen-bond acceptors (Lipinski definition) is 8. The lowest BCUT2D eigenvalue weighted by Gasteiger charge is -2.41. The van der Waals surface area contributed by atoms with Crippen molar-refractivity contribution in [2.24, 2.45) is 10.9 Å². The number of allylic oxidation sites excluding steroid dienone is 1. The van der Waals surface area contributed by atoms with Gasteiger partial charge in [0.2, 0.25) is 11.9 Å². The predicted molar refractivity (Wildman–Crippen MR) is 117 cm³/mol. The van der Waals surface area contributed by atoms with Gasteiger partial charge in [0.25, 0.3) is 5.91 Å². The lowest BCUT2D eigenvalue weighted by atomic mass is 10.1. The van der Waals surface area contributed by atoms with E-state index in [1.165, 1.54) is 0 Å². The van der Waals surface area contributed by atoms with Crippen molar-refractivity contribution in [2.45, 2.75) is 43.7 Å². The van der Waals surface area contributed by atoms with E-state index in [0.717, 1.165) is 18.7 Å². The first-order chi connectivity index (χ1) is 15.4. The largest absolute Gasteiger partial charge is 0.356 e. The van der Waals surface area contributed by atoms with Crippen molar-refractivity contribution in [1.82, 2.24) is 25.1 Å². The van der Waals surface area contributed by atoms with E-state index in [2.05, 4.69) is 30.5 Å². The Morgan fingerprint density at radius 2 is 1.94 bits per heavy atom. The summed E-state index contributed by atoms with van der Waals surface area (Å²) in [5.41, 5.74) is 0.672. The molecule has 2 bridgehead atoms. The van der Waals surface area contributed by atoms with Crippen LogP contribution >= 0.6 is 0 Å². The summed E-state index contributed by atoms with van der Waals surface area (Å²) in [4.78, 5) is 43.6. The number of carbonyl (C=O) groups excluding carboxylic acids is 2. The fraction of sp³-hybridized carbons (Fsp3) is 0.571. The molecule has 0 spiro atoms. The van der Waals surface area contributed by atoms with Gasteiger partial charge in [-0.05, 0) is 25.3 Å². The van der Waals surface area contributed by atoms with Gasteiger partial charge < -0.3 is 25.3 Å². The normalized spacial score (nSPS) is 30.8. The number of carbonyl (C=O) groups is 2. The number of anilines is 2. The average Bonchev–Trinajstić information content (AvgIpc) is 3.46. The van der Waals surface area contributed by atoms with Crippen molar-refractivity contribution in [3.8, 4) is 0 Å². The molecule has 1 saturated carbocycles. The summed E-state index contributed by atoms with van der Waals surface area (Å²) in [6.07, 6.45) is 5.76. The molecule has 1 aliphatic carbocycles. The zero-order valence-electron chi connectivity index (χ0n) is 18.1. The van der Waals surface area contributed by atoms with Gasteiger partial charge in [-0.25, -0.2) is 9.37 Å². The van der Waals surface area contributed by atoms with Crippen LogP contribution in [0.25, 0.3) is 0 Å². The van der Waals surface area contributed by atoms with Crippen LogP contribution < -0.4 is 15.5 Å². The van der Waals surface area contributed by atoms with Gasteiger partial charge in [0.1, 0.15) is 12.0 Å². The maximum Gasteiger partial charge on any atom is 0.265 e. The van der Waals surface area contributed by atoms with E-state index in [-0.39, 0.29) is 23.9 Å². The van der Waals surface area contributed by atoms with Gasteiger partial charge in [-0.1, -0.05) is 0 Å². The van der Waals surface area contributed by atoms with Gasteiger partial charge in [0, 0.05) is 57.9 Å². The minimum atomic E-state index is -0.960. The lowest BCUT2D eigenvalue weighted by molar-refractivity contribution is -0.136. The van der Waals surface area contributed by atoms with Gasteiger partial charge in [-0.15, -0.1) is 0 Å². The fourth-order valence-corrected chi connectivity index (χ4v) is 4.80. The second-order valence-corrected chi connectivity index (χ2v) is 8.77. The molecule has 10 nitrogen and oxygen atoms in total. The van der Waals surface area contributed by atoms with Gasteiger partial charge in [-0.3, -0.25) is 14.6 Å². The molecular weight excluding hydrogens is 415 g/mol. The number of nitrogens with zero attached hydrogens (tertiary/aromatic N) is 6. The summed E-state index contributed by atoms with van der Waals surface area (Å²) in [6.45, 7) is 1.37. The van der Waals surface area contributed by atoms with E-state index in [9.17, 15) is 14.0 Å². The fourth-order valence-electron chi connectivity index (χ4n) is 4.80. The monoisotopic (exact) mass is 442 g/mol. The SMILES string of the molecule is CNC(=O)C1N=CC(Nc2nccc(N3C[C@H]4CC[C@@H](C3)N4C(=O)[C@H]3C[C@@H]3F)n2)=CN1C. The van der Waals surface area contributed by atoms with Crippen LogP contribution in [0.4, 0.5) is 16.2 Å². The van der Waals surface area contributed by atoms with E-state index in [1.807, 2.05) is 11.0 Å². The molecule has 3 aliphatic heterocycles. The molecule has 4 aliphatic rings. The molecule has 1 aromatic rings. The molecule has 2 amide bonds. The Labute approximate surface area is 185 Å². The van der Waals surface area contributed by atoms with Crippen LogP contribution in [0.3, 0.4) is 0 Å². The topological polar surface area (TPSA) is 106 Å². The summed E-state index contributed by atoms with van der Waals surface area (Å²) in [5.74, 6) is 0.582. The third-order valence-electron chi connectivity index (χ3n) is 6.55. The molecule has 2 N–H and O–H groups in total. The first-order valence-corrected chi connectivity index (χ1v) is 10.9. The number of aromatic nitrogens is 2. The van der Waals surface area contributed by atoms with Crippen LogP contribution in [-0.4, -0.2) is 89.4 Å². The number of rotatable bonds is 5. The van der Waals surface area contributed by atoms with E-state index in [4.69, 9.17) is 0 Å². The molecular formula is C21H27FN8O2. The van der Waals surface area contributed by atoms with Crippen molar-refractivity contribution >= 4 is 29.8 Å². The van der Waals surface area contributed by atoms with Crippen molar-refractivity contribution in [2.75, 3.05) is 37.4 Å². The van der Waals surface area contributed by atoms with E-state index in [0.29, 0.717) is 31.2 Å². The predicted octanol–water partition coefficient (Wildman–Crippen LogP) is 0.356. The summed E-state index contributed by atoms with van der Waals surface area (Å²) < 4.78 is 13.4. The molecule has 170 valence electrons. The summed E-state index contributed by atoms with van der Waals surface area (Å²) in [6, 6.07) is 2.06. The Hall–Kier alpha value is -3.24. The molecule has 11 heteroatoms. The van der Waals surface area contributed by atoms with Gasteiger partial charge in [0.15, 0.2) is 6.17 Å². The standard InChI is InChI=1S/C21H27FN8O2/c1-23-19(31)18-25-8-12(9-28(18)2)26-21-24-6-5-17(27-21)29-10-13-3-4-14(11-29)30(13)20(32)15-7-16(15)22/h5-6,8-9,13-16,18H,3-4,7,10-11H2,1-2H3,(H,23,31)(H,24,26,27)/t13-,14+,15-,16-,18?/m0/s1. The smallest absolute Gasteiger partial charge is 0.265 e. The molecule has 32 heavy (non-hydrogen) atoms. The van der Waals surface area contributed by atoms with Crippen molar-refractivity contribution in [1.29, 1.82) is 0 Å². The van der Waals surface area contributed by atoms with Gasteiger partial charge in [-0.2, -0.15) is 4.98 Å². The first kappa shape index (κ1) is 20.7. The highest BCUT2D eigenvalue weighted by atomic mass is 19.1. The van der Waals surface area contributed by atoms with E-state index in [1.54, 1.807) is 37.6 Å². The van der Waals surface area contributed by atoms with Crippen molar-refractivity contribution < 1.29 is 14.0 Å². The highest BCUT2D eigenvalue weighted by Crippen LogP contribution is 2.40. The number of amides is 2. The molecule has 0 aromatic carbocycles. The number of nitrogens with one attached hydrogen (secondary N) is 2. The maximum absolute atomic E-state index is 13.4. The molecule has 1 aromatic heterocycles. The second kappa shape index (κ2) is 8.03. The Bertz CT molecular complexity index is 970. The zero-order chi connectivity index (χ0) is 22.4. The lowest BCUT2D eigenvalue weighted by Crippen LogP contribution is -2.56. The molecule has 1 unspecified atom stereocenters. The van der Waals surface area contributed by atoms with Crippen LogP contribution in [0.2, 0.25) is 0 Å². The Morgan fingerprint density at radius 1 is 1.22 bits per heavy atom. The number of alkyl halides is 1. The third-order valence-corrected chi connectivity index (χ3v) is 6.55. The van der Waals surface area contributed by atoms with Crippen molar-refractivity contribution in [3.05, 3.63) is 24.2 Å². The minimum absolute atomic E-state index is 0.0163. The first-order valence-electron chi connectivity index (χ1n) is 10.9. The van der Waals surface area contributed by atoms with Crippen LogP contribution in [0, 0.1) is 5.92 Å². The highest BCUT2D eigenvalue weighted by molar-refractivity contribution is 5.89. The number of fused-ring (bicyclic) bond motifs is 2. The number of hydrogen-bond donors (Lipinski definition) is 2. The maximum atomic E-state index is 13.4. The summed E-state index contributed by atoms with van der Waals surface area (Å²) >= 11 is 0. The summed E-state index contributed by atoms with van der Waals surface area (Å²) in [5, 5.41) is 5.73. The number of piperazine rings is 1. The Kier molecular flexibility index (Phi) is 5.18. The molecule has 3 fully saturated rings. The van der Waals surface area contributed by atoms with Crippen LogP contribution in [-0.2, 0) is 9.59 Å².